The Labute approximate surface area is 151 Å². The lowest BCUT2D eigenvalue weighted by atomic mass is 9.77. The third-order valence-corrected chi connectivity index (χ3v) is 7.33. The van der Waals surface area contributed by atoms with Gasteiger partial charge in [-0.25, -0.2) is 8.42 Å². The highest BCUT2D eigenvalue weighted by molar-refractivity contribution is 7.89. The molecule has 0 aliphatic carbocycles. The molecule has 0 aromatic heterocycles. The zero-order valence-corrected chi connectivity index (χ0v) is 16.6. The van der Waals surface area contributed by atoms with Crippen LogP contribution in [0.15, 0.2) is 23.1 Å². The zero-order valence-electron chi connectivity index (χ0n) is 15.7. The molecule has 2 aliphatic heterocycles. The number of anilines is 1. The molecule has 1 fully saturated rings. The molecule has 0 N–H and O–H groups in total. The van der Waals surface area contributed by atoms with Crippen molar-refractivity contribution in [3.8, 4) is 0 Å². The molecule has 2 heterocycles. The van der Waals surface area contributed by atoms with Crippen LogP contribution in [0.3, 0.4) is 0 Å². The van der Waals surface area contributed by atoms with E-state index in [-0.39, 0.29) is 11.3 Å². The van der Waals surface area contributed by atoms with Crippen molar-refractivity contribution in [3.05, 3.63) is 23.8 Å². The minimum atomic E-state index is -3.51. The highest BCUT2D eigenvalue weighted by Crippen LogP contribution is 2.41. The number of amides is 1. The minimum Gasteiger partial charge on any atom is -0.315 e. The molecule has 138 valence electrons. The third kappa shape index (κ3) is 3.22. The summed E-state index contributed by atoms with van der Waals surface area (Å²) in [6.07, 6.45) is 1.45. The summed E-state index contributed by atoms with van der Waals surface area (Å²) in [6.45, 7) is 9.36. The molecule has 5 nitrogen and oxygen atoms in total. The van der Waals surface area contributed by atoms with Crippen LogP contribution >= 0.6 is 0 Å². The predicted molar refractivity (Wildman–Crippen MR) is 99.2 cm³/mol. The fraction of sp³-hybridized carbons (Fsp3) is 0.632. The van der Waals surface area contributed by atoms with Crippen molar-refractivity contribution in [2.24, 2.45) is 11.8 Å². The Balaban J connectivity index is 2.03. The SMILES string of the molecule is CC1CC(C)CN(S(=O)(=O)c2ccc3c(c2)C(C)(C)CC(=O)N3C)C1. The predicted octanol–water partition coefficient (Wildman–Crippen LogP) is 3.00. The number of carbonyl (C=O) groups is 1. The third-order valence-electron chi connectivity index (χ3n) is 5.50. The molecular weight excluding hydrogens is 336 g/mol. The van der Waals surface area contributed by atoms with E-state index < -0.39 is 10.0 Å². The van der Waals surface area contributed by atoms with Crippen molar-refractivity contribution in [1.29, 1.82) is 0 Å². The van der Waals surface area contributed by atoms with Gasteiger partial charge in [-0.05, 0) is 42.0 Å². The van der Waals surface area contributed by atoms with Crippen LogP contribution in [-0.2, 0) is 20.2 Å². The van der Waals surface area contributed by atoms with Gasteiger partial charge in [0.2, 0.25) is 15.9 Å². The lowest BCUT2D eigenvalue weighted by Gasteiger charge is -2.38. The summed E-state index contributed by atoms with van der Waals surface area (Å²) in [5.41, 5.74) is 1.36. The van der Waals surface area contributed by atoms with E-state index in [1.54, 1.807) is 34.5 Å². The molecule has 1 saturated heterocycles. The molecule has 6 heteroatoms. The van der Waals surface area contributed by atoms with Crippen LogP contribution in [0.25, 0.3) is 0 Å². The van der Waals surface area contributed by atoms with E-state index in [9.17, 15) is 13.2 Å². The molecule has 2 aliphatic rings. The molecule has 1 amide bonds. The van der Waals surface area contributed by atoms with Gasteiger partial charge >= 0.3 is 0 Å². The lowest BCUT2D eigenvalue weighted by molar-refractivity contribution is -0.119. The van der Waals surface area contributed by atoms with Crippen molar-refractivity contribution < 1.29 is 13.2 Å². The lowest BCUT2D eigenvalue weighted by Crippen LogP contribution is -2.43. The fourth-order valence-corrected chi connectivity index (χ4v) is 5.89. The van der Waals surface area contributed by atoms with Gasteiger partial charge in [-0.15, -0.1) is 0 Å². The molecular formula is C19H28N2O3S. The molecule has 0 radical (unpaired) electrons. The van der Waals surface area contributed by atoms with E-state index in [1.165, 1.54) is 0 Å². The van der Waals surface area contributed by atoms with Crippen LogP contribution in [-0.4, -0.2) is 38.8 Å². The van der Waals surface area contributed by atoms with Crippen molar-refractivity contribution in [2.45, 2.75) is 50.8 Å². The Kier molecular flexibility index (Phi) is 4.48. The van der Waals surface area contributed by atoms with Crippen LogP contribution in [0.4, 0.5) is 5.69 Å². The standard InChI is InChI=1S/C19H28N2O3S/c1-13-8-14(2)12-21(11-13)25(23,24)15-6-7-17-16(9-15)19(3,4)10-18(22)20(17)5/h6-7,9,13-14H,8,10-12H2,1-5H3. The Morgan fingerprint density at radius 2 is 1.72 bits per heavy atom. The van der Waals surface area contributed by atoms with Gasteiger partial charge in [-0.1, -0.05) is 27.7 Å². The van der Waals surface area contributed by atoms with Crippen molar-refractivity contribution in [3.63, 3.8) is 0 Å². The first-order valence-corrected chi connectivity index (χ1v) is 10.4. The second kappa shape index (κ2) is 6.09. The summed E-state index contributed by atoms with van der Waals surface area (Å²) in [4.78, 5) is 14.1. The first-order chi connectivity index (χ1) is 11.5. The number of piperidine rings is 1. The van der Waals surface area contributed by atoms with Gasteiger partial charge in [-0.2, -0.15) is 4.31 Å². The van der Waals surface area contributed by atoms with Gasteiger partial charge in [0.1, 0.15) is 0 Å². The molecule has 1 aromatic carbocycles. The number of nitrogens with zero attached hydrogens (tertiary/aromatic N) is 2. The number of fused-ring (bicyclic) bond motifs is 1. The number of hydrogen-bond donors (Lipinski definition) is 0. The van der Waals surface area contributed by atoms with Gasteiger partial charge in [0.05, 0.1) is 4.90 Å². The number of sulfonamides is 1. The van der Waals surface area contributed by atoms with Gasteiger partial charge in [0.25, 0.3) is 0 Å². The molecule has 2 atom stereocenters. The Hall–Kier alpha value is -1.40. The van der Waals surface area contributed by atoms with Crippen molar-refractivity contribution in [1.82, 2.24) is 4.31 Å². The number of carbonyl (C=O) groups excluding carboxylic acids is 1. The van der Waals surface area contributed by atoms with Crippen LogP contribution in [0.1, 0.15) is 46.1 Å². The van der Waals surface area contributed by atoms with Gasteiger partial charge in [0.15, 0.2) is 0 Å². The highest BCUT2D eigenvalue weighted by atomic mass is 32.2. The summed E-state index contributed by atoms with van der Waals surface area (Å²) in [5, 5.41) is 0. The zero-order chi connectivity index (χ0) is 18.6. The van der Waals surface area contributed by atoms with E-state index in [0.717, 1.165) is 17.7 Å². The maximum atomic E-state index is 13.2. The maximum Gasteiger partial charge on any atom is 0.243 e. The molecule has 2 unspecified atom stereocenters. The highest BCUT2D eigenvalue weighted by Gasteiger charge is 2.37. The van der Waals surface area contributed by atoms with E-state index in [2.05, 4.69) is 13.8 Å². The minimum absolute atomic E-state index is 0.0618. The van der Waals surface area contributed by atoms with E-state index in [0.29, 0.717) is 36.2 Å². The topological polar surface area (TPSA) is 57.7 Å². The van der Waals surface area contributed by atoms with Crippen molar-refractivity contribution >= 4 is 21.6 Å². The summed E-state index contributed by atoms with van der Waals surface area (Å²) in [5.74, 6) is 0.805. The van der Waals surface area contributed by atoms with Gasteiger partial charge in [0, 0.05) is 37.7 Å². The normalized spacial score (nSPS) is 27.2. The Morgan fingerprint density at radius 1 is 1.12 bits per heavy atom. The van der Waals surface area contributed by atoms with Gasteiger partial charge < -0.3 is 4.90 Å². The molecule has 0 saturated carbocycles. The van der Waals surface area contributed by atoms with Crippen LogP contribution in [0.5, 0.6) is 0 Å². The average molecular weight is 365 g/mol. The Morgan fingerprint density at radius 3 is 2.32 bits per heavy atom. The van der Waals surface area contributed by atoms with Crippen LogP contribution in [0.2, 0.25) is 0 Å². The number of hydrogen-bond acceptors (Lipinski definition) is 3. The molecule has 0 spiro atoms. The monoisotopic (exact) mass is 364 g/mol. The summed E-state index contributed by atoms with van der Waals surface area (Å²) < 4.78 is 28.0. The molecule has 25 heavy (non-hydrogen) atoms. The first-order valence-electron chi connectivity index (χ1n) is 8.93. The molecule has 0 bridgehead atoms. The second-order valence-corrected chi connectivity index (χ2v) is 10.4. The second-order valence-electron chi connectivity index (χ2n) is 8.46. The maximum absolute atomic E-state index is 13.2. The Bertz CT molecular complexity index is 791. The summed E-state index contributed by atoms with van der Waals surface area (Å²) in [7, 11) is -1.76. The smallest absolute Gasteiger partial charge is 0.243 e. The number of benzene rings is 1. The van der Waals surface area contributed by atoms with E-state index in [4.69, 9.17) is 0 Å². The fourth-order valence-electron chi connectivity index (χ4n) is 4.19. The average Bonchev–Trinajstić information content (AvgIpc) is 2.51. The van der Waals surface area contributed by atoms with Crippen LogP contribution in [0, 0.1) is 11.8 Å². The largest absolute Gasteiger partial charge is 0.315 e. The quantitative estimate of drug-likeness (QED) is 0.810. The molecule has 3 rings (SSSR count). The summed E-state index contributed by atoms with van der Waals surface area (Å²) >= 11 is 0. The number of rotatable bonds is 2. The van der Waals surface area contributed by atoms with Crippen LogP contribution < -0.4 is 4.90 Å². The van der Waals surface area contributed by atoms with E-state index in [1.807, 2.05) is 13.8 Å². The first kappa shape index (κ1) is 18.4. The van der Waals surface area contributed by atoms with E-state index >= 15 is 0 Å². The summed E-state index contributed by atoms with van der Waals surface area (Å²) in [6, 6.07) is 5.19. The van der Waals surface area contributed by atoms with Crippen molar-refractivity contribution in [2.75, 3.05) is 25.0 Å². The van der Waals surface area contributed by atoms with Gasteiger partial charge in [-0.3, -0.25) is 4.79 Å². The molecule has 1 aromatic rings.